The number of hydrogen-bond acceptors (Lipinski definition) is 3. The monoisotopic (exact) mass is 287 g/mol. The number of aliphatic carboxylic acids is 1. The lowest BCUT2D eigenvalue weighted by molar-refractivity contribution is -0.135. The molecule has 1 aromatic rings. The summed E-state index contributed by atoms with van der Waals surface area (Å²) in [6.07, 6.45) is 1.62. The van der Waals surface area contributed by atoms with Crippen LogP contribution < -0.4 is 10.6 Å². The predicted molar refractivity (Wildman–Crippen MR) is 59.8 cm³/mol. The van der Waals surface area contributed by atoms with Gasteiger partial charge in [-0.3, -0.25) is 9.78 Å². The van der Waals surface area contributed by atoms with Crippen molar-refractivity contribution in [3.8, 4) is 0 Å². The minimum absolute atomic E-state index is 0.249. The van der Waals surface area contributed by atoms with Gasteiger partial charge in [0.25, 0.3) is 0 Å². The first kappa shape index (κ1) is 12.4. The van der Waals surface area contributed by atoms with Crippen molar-refractivity contribution < 1.29 is 14.7 Å². The molecule has 1 heterocycles. The number of urea groups is 1. The van der Waals surface area contributed by atoms with Crippen molar-refractivity contribution in [3.63, 3.8) is 0 Å². The standard InChI is InChI=1S/C9H10BrN3O3/c10-6-1-2-7(11-3-6)4-12-9(16)13-5-8(14)15/h1-3H,4-5H2,(H,14,15)(H2,12,13,16). The van der Waals surface area contributed by atoms with Crippen LogP contribution in [0.3, 0.4) is 0 Å². The second kappa shape index (κ2) is 6.06. The highest BCUT2D eigenvalue weighted by Gasteiger charge is 2.03. The Kier molecular flexibility index (Phi) is 4.71. The molecule has 0 spiro atoms. The second-order valence-corrected chi connectivity index (χ2v) is 3.81. The summed E-state index contributed by atoms with van der Waals surface area (Å²) in [6, 6.07) is 3.02. The molecule has 0 aromatic carbocycles. The van der Waals surface area contributed by atoms with Gasteiger partial charge in [-0.25, -0.2) is 4.79 Å². The van der Waals surface area contributed by atoms with Crippen LogP contribution in [-0.2, 0) is 11.3 Å². The molecule has 3 N–H and O–H groups in total. The molecule has 0 bridgehead atoms. The van der Waals surface area contributed by atoms with Crippen LogP contribution in [0, 0.1) is 0 Å². The fraction of sp³-hybridized carbons (Fsp3) is 0.222. The van der Waals surface area contributed by atoms with Crippen LogP contribution in [0.4, 0.5) is 4.79 Å². The highest BCUT2D eigenvalue weighted by Crippen LogP contribution is 2.06. The minimum atomic E-state index is -1.09. The molecule has 0 aliphatic carbocycles. The van der Waals surface area contributed by atoms with Gasteiger partial charge >= 0.3 is 12.0 Å². The van der Waals surface area contributed by atoms with E-state index in [-0.39, 0.29) is 6.54 Å². The van der Waals surface area contributed by atoms with Crippen molar-refractivity contribution >= 4 is 27.9 Å². The van der Waals surface area contributed by atoms with Crippen LogP contribution in [0.1, 0.15) is 5.69 Å². The van der Waals surface area contributed by atoms with Gasteiger partial charge < -0.3 is 15.7 Å². The molecule has 16 heavy (non-hydrogen) atoms. The van der Waals surface area contributed by atoms with E-state index in [4.69, 9.17) is 5.11 Å². The van der Waals surface area contributed by atoms with Gasteiger partial charge in [-0.05, 0) is 28.1 Å². The molecule has 1 aromatic heterocycles. The van der Waals surface area contributed by atoms with Crippen LogP contribution in [0.15, 0.2) is 22.8 Å². The van der Waals surface area contributed by atoms with Crippen molar-refractivity contribution in [2.75, 3.05) is 6.54 Å². The van der Waals surface area contributed by atoms with E-state index >= 15 is 0 Å². The summed E-state index contributed by atoms with van der Waals surface area (Å²) in [5.41, 5.74) is 0.689. The topological polar surface area (TPSA) is 91.3 Å². The summed E-state index contributed by atoms with van der Waals surface area (Å²) < 4.78 is 0.853. The van der Waals surface area contributed by atoms with E-state index in [2.05, 4.69) is 31.5 Å². The first-order valence-electron chi connectivity index (χ1n) is 4.42. The third-order valence-corrected chi connectivity index (χ3v) is 2.09. The molecule has 1 rings (SSSR count). The summed E-state index contributed by atoms with van der Waals surface area (Å²) in [7, 11) is 0. The Morgan fingerprint density at radius 2 is 2.12 bits per heavy atom. The Balaban J connectivity index is 2.31. The normalized spacial score (nSPS) is 9.56. The van der Waals surface area contributed by atoms with Gasteiger partial charge in [0.2, 0.25) is 0 Å². The van der Waals surface area contributed by atoms with Gasteiger partial charge in [-0.2, -0.15) is 0 Å². The number of hydrogen-bond donors (Lipinski definition) is 3. The van der Waals surface area contributed by atoms with Crippen LogP contribution in [0.25, 0.3) is 0 Å². The Hall–Kier alpha value is -1.63. The number of carboxylic acid groups (broad SMARTS) is 1. The smallest absolute Gasteiger partial charge is 0.323 e. The zero-order chi connectivity index (χ0) is 12.0. The quantitative estimate of drug-likeness (QED) is 0.761. The van der Waals surface area contributed by atoms with Gasteiger partial charge in [-0.15, -0.1) is 0 Å². The molecule has 0 aliphatic heterocycles. The highest BCUT2D eigenvalue weighted by atomic mass is 79.9. The third kappa shape index (κ3) is 4.74. The van der Waals surface area contributed by atoms with Gasteiger partial charge in [0.05, 0.1) is 12.2 Å². The Bertz CT molecular complexity index is 380. The molecule has 86 valence electrons. The number of carbonyl (C=O) groups is 2. The van der Waals surface area contributed by atoms with Gasteiger partial charge in [-0.1, -0.05) is 0 Å². The zero-order valence-electron chi connectivity index (χ0n) is 8.24. The minimum Gasteiger partial charge on any atom is -0.480 e. The number of amides is 2. The fourth-order valence-electron chi connectivity index (χ4n) is 0.900. The largest absolute Gasteiger partial charge is 0.480 e. The van der Waals surface area contributed by atoms with Gasteiger partial charge in [0.1, 0.15) is 6.54 Å². The number of halogens is 1. The Morgan fingerprint density at radius 3 is 2.69 bits per heavy atom. The Labute approximate surface area is 100 Å². The molecule has 7 heteroatoms. The van der Waals surface area contributed by atoms with E-state index in [1.165, 1.54) is 0 Å². The van der Waals surface area contributed by atoms with Crippen molar-refractivity contribution in [1.82, 2.24) is 15.6 Å². The lowest BCUT2D eigenvalue weighted by Crippen LogP contribution is -2.38. The van der Waals surface area contributed by atoms with E-state index in [9.17, 15) is 9.59 Å². The highest BCUT2D eigenvalue weighted by molar-refractivity contribution is 9.10. The maximum Gasteiger partial charge on any atom is 0.323 e. The average Bonchev–Trinajstić information content (AvgIpc) is 2.25. The lowest BCUT2D eigenvalue weighted by atomic mass is 10.3. The summed E-state index contributed by atoms with van der Waals surface area (Å²) in [6.45, 7) is -0.154. The van der Waals surface area contributed by atoms with Gasteiger partial charge in [0.15, 0.2) is 0 Å². The summed E-state index contributed by atoms with van der Waals surface area (Å²) in [4.78, 5) is 25.3. The number of nitrogens with one attached hydrogen (secondary N) is 2. The Morgan fingerprint density at radius 1 is 1.38 bits per heavy atom. The van der Waals surface area contributed by atoms with E-state index in [0.717, 1.165) is 4.47 Å². The van der Waals surface area contributed by atoms with Crippen molar-refractivity contribution in [2.24, 2.45) is 0 Å². The molecule has 0 radical (unpaired) electrons. The maximum atomic E-state index is 11.1. The SMILES string of the molecule is O=C(O)CNC(=O)NCc1ccc(Br)cn1. The molecule has 0 saturated carbocycles. The average molecular weight is 288 g/mol. The number of nitrogens with zero attached hydrogens (tertiary/aromatic N) is 1. The van der Waals surface area contributed by atoms with E-state index in [0.29, 0.717) is 5.69 Å². The van der Waals surface area contributed by atoms with E-state index in [1.807, 2.05) is 0 Å². The van der Waals surface area contributed by atoms with Crippen LogP contribution in [-0.4, -0.2) is 28.6 Å². The molecule has 0 atom stereocenters. The van der Waals surface area contributed by atoms with Crippen molar-refractivity contribution in [2.45, 2.75) is 6.54 Å². The summed E-state index contributed by atoms with van der Waals surface area (Å²) in [5.74, 6) is -1.09. The number of aromatic nitrogens is 1. The molecule has 6 nitrogen and oxygen atoms in total. The lowest BCUT2D eigenvalue weighted by Gasteiger charge is -2.05. The molecular formula is C9H10BrN3O3. The molecular weight excluding hydrogens is 278 g/mol. The first-order valence-corrected chi connectivity index (χ1v) is 5.21. The fourth-order valence-corrected chi connectivity index (χ4v) is 1.13. The number of carboxylic acids is 1. The second-order valence-electron chi connectivity index (χ2n) is 2.90. The zero-order valence-corrected chi connectivity index (χ0v) is 9.82. The van der Waals surface area contributed by atoms with Crippen molar-refractivity contribution in [3.05, 3.63) is 28.5 Å². The maximum absolute atomic E-state index is 11.1. The molecule has 0 fully saturated rings. The summed E-state index contributed by atoms with van der Waals surface area (Å²) >= 11 is 3.24. The number of pyridine rings is 1. The molecule has 2 amide bonds. The molecule has 0 aliphatic rings. The van der Waals surface area contributed by atoms with E-state index in [1.54, 1.807) is 18.3 Å². The summed E-state index contributed by atoms with van der Waals surface area (Å²) in [5, 5.41) is 13.0. The van der Waals surface area contributed by atoms with Crippen molar-refractivity contribution in [1.29, 1.82) is 0 Å². The molecule has 0 unspecified atom stereocenters. The van der Waals surface area contributed by atoms with Crippen LogP contribution in [0.2, 0.25) is 0 Å². The third-order valence-electron chi connectivity index (χ3n) is 1.62. The van der Waals surface area contributed by atoms with E-state index < -0.39 is 18.5 Å². The van der Waals surface area contributed by atoms with Gasteiger partial charge in [0, 0.05) is 10.7 Å². The molecule has 0 saturated heterocycles. The van der Waals surface area contributed by atoms with Crippen LogP contribution >= 0.6 is 15.9 Å². The first-order chi connectivity index (χ1) is 7.58. The number of rotatable bonds is 4. The van der Waals surface area contributed by atoms with Crippen LogP contribution in [0.5, 0.6) is 0 Å². The number of carbonyl (C=O) groups excluding carboxylic acids is 1. The predicted octanol–water partition coefficient (Wildman–Crippen LogP) is 0.728.